The molecule has 0 aliphatic heterocycles. The third-order valence-electron chi connectivity index (χ3n) is 4.60. The molecule has 1 saturated carbocycles. The molecule has 0 aromatic heterocycles. The molecule has 0 radical (unpaired) electrons. The van der Waals surface area contributed by atoms with Gasteiger partial charge in [-0.3, -0.25) is 0 Å². The first-order valence-electron chi connectivity index (χ1n) is 8.17. The van der Waals surface area contributed by atoms with Gasteiger partial charge in [0.15, 0.2) is 0 Å². The van der Waals surface area contributed by atoms with Gasteiger partial charge >= 0.3 is 0 Å². The summed E-state index contributed by atoms with van der Waals surface area (Å²) in [5, 5.41) is 3.64. The third-order valence-corrected chi connectivity index (χ3v) is 4.60. The summed E-state index contributed by atoms with van der Waals surface area (Å²) < 4.78 is 0. The van der Waals surface area contributed by atoms with Crippen molar-refractivity contribution < 1.29 is 0 Å². The van der Waals surface area contributed by atoms with Crippen molar-refractivity contribution >= 4 is 0 Å². The van der Waals surface area contributed by atoms with Gasteiger partial charge in [0.1, 0.15) is 0 Å². The van der Waals surface area contributed by atoms with Crippen molar-refractivity contribution in [3.63, 3.8) is 0 Å². The molecule has 0 spiro atoms. The second kappa shape index (κ2) is 6.44. The number of aryl methyl sites for hydroxylation is 1. The molecular weight excluding hydrogens is 254 g/mol. The van der Waals surface area contributed by atoms with E-state index in [4.69, 9.17) is 0 Å². The Labute approximate surface area is 128 Å². The Morgan fingerprint density at radius 1 is 1.05 bits per heavy atom. The first-order chi connectivity index (χ1) is 10.3. The maximum absolute atomic E-state index is 3.64. The summed E-state index contributed by atoms with van der Waals surface area (Å²) in [6.07, 6.45) is 4.11. The van der Waals surface area contributed by atoms with Gasteiger partial charge in [-0.1, -0.05) is 67.4 Å². The molecule has 0 heterocycles. The predicted octanol–water partition coefficient (Wildman–Crippen LogP) is 4.96. The van der Waals surface area contributed by atoms with Gasteiger partial charge in [-0.15, -0.1) is 0 Å². The summed E-state index contributed by atoms with van der Waals surface area (Å²) >= 11 is 0. The normalized spacial score (nSPS) is 16.5. The van der Waals surface area contributed by atoms with Crippen molar-refractivity contribution in [2.45, 2.75) is 45.1 Å². The van der Waals surface area contributed by atoms with Crippen molar-refractivity contribution in [2.75, 3.05) is 6.54 Å². The van der Waals surface area contributed by atoms with Crippen LogP contribution in [0.25, 0.3) is 0 Å². The smallest absolute Gasteiger partial charge is 0.0576 e. The van der Waals surface area contributed by atoms with E-state index in [0.717, 1.165) is 12.5 Å². The highest BCUT2D eigenvalue weighted by Crippen LogP contribution is 2.37. The number of benzene rings is 2. The monoisotopic (exact) mass is 279 g/mol. The van der Waals surface area contributed by atoms with Crippen LogP contribution in [0.3, 0.4) is 0 Å². The highest BCUT2D eigenvalue weighted by atomic mass is 14.9. The largest absolute Gasteiger partial charge is 0.307 e. The topological polar surface area (TPSA) is 12.0 Å². The van der Waals surface area contributed by atoms with E-state index in [9.17, 15) is 0 Å². The van der Waals surface area contributed by atoms with E-state index in [1.165, 1.54) is 41.5 Å². The Kier molecular flexibility index (Phi) is 4.40. The molecule has 2 aromatic carbocycles. The minimum absolute atomic E-state index is 0.301. The number of rotatable bonds is 5. The zero-order valence-electron chi connectivity index (χ0n) is 13.1. The first kappa shape index (κ1) is 14.3. The third kappa shape index (κ3) is 3.19. The molecule has 1 fully saturated rings. The molecule has 21 heavy (non-hydrogen) atoms. The van der Waals surface area contributed by atoms with Gasteiger partial charge in [0.25, 0.3) is 0 Å². The second-order valence-corrected chi connectivity index (χ2v) is 6.20. The summed E-state index contributed by atoms with van der Waals surface area (Å²) in [5.74, 6) is 0.796. The van der Waals surface area contributed by atoms with E-state index >= 15 is 0 Å². The van der Waals surface area contributed by atoms with Crippen LogP contribution < -0.4 is 5.32 Å². The fourth-order valence-corrected chi connectivity index (χ4v) is 3.22. The lowest BCUT2D eigenvalue weighted by Gasteiger charge is -2.27. The van der Waals surface area contributed by atoms with Crippen LogP contribution in [0.15, 0.2) is 48.5 Å². The Bertz CT molecular complexity index is 598. The van der Waals surface area contributed by atoms with Gasteiger partial charge in [-0.05, 0) is 48.9 Å². The Morgan fingerprint density at radius 3 is 2.38 bits per heavy atom. The van der Waals surface area contributed by atoms with Gasteiger partial charge in [-0.25, -0.2) is 0 Å². The van der Waals surface area contributed by atoms with E-state index in [0.29, 0.717) is 6.04 Å². The highest BCUT2D eigenvalue weighted by molar-refractivity contribution is 5.37. The summed E-state index contributed by atoms with van der Waals surface area (Å²) in [6.45, 7) is 5.32. The summed E-state index contributed by atoms with van der Waals surface area (Å²) in [5.41, 5.74) is 5.61. The van der Waals surface area contributed by atoms with E-state index < -0.39 is 0 Å². The minimum Gasteiger partial charge on any atom is -0.307 e. The standard InChI is InChI=1S/C20H25N/c1-3-21-20(18-11-4-7-15(2)13-18)19-12-6-10-17(14-19)16-8-5-9-16/h4,6-7,10-14,16,20-21H,3,5,8-9H2,1-2H3. The molecule has 0 bridgehead atoms. The number of hydrogen-bond donors (Lipinski definition) is 1. The van der Waals surface area contributed by atoms with Crippen molar-refractivity contribution in [3.8, 4) is 0 Å². The maximum Gasteiger partial charge on any atom is 0.0576 e. The number of nitrogens with one attached hydrogen (secondary N) is 1. The lowest BCUT2D eigenvalue weighted by molar-refractivity contribution is 0.419. The van der Waals surface area contributed by atoms with Crippen molar-refractivity contribution in [1.82, 2.24) is 5.32 Å². The molecule has 0 saturated heterocycles. The summed E-state index contributed by atoms with van der Waals surface area (Å²) in [6, 6.07) is 18.4. The van der Waals surface area contributed by atoms with Crippen LogP contribution >= 0.6 is 0 Å². The first-order valence-corrected chi connectivity index (χ1v) is 8.17. The molecule has 1 aliphatic rings. The van der Waals surface area contributed by atoms with Crippen molar-refractivity contribution in [3.05, 3.63) is 70.8 Å². The second-order valence-electron chi connectivity index (χ2n) is 6.20. The highest BCUT2D eigenvalue weighted by Gasteiger charge is 2.21. The summed E-state index contributed by atoms with van der Waals surface area (Å²) in [4.78, 5) is 0. The quantitative estimate of drug-likeness (QED) is 0.815. The van der Waals surface area contributed by atoms with Crippen LogP contribution in [0.5, 0.6) is 0 Å². The van der Waals surface area contributed by atoms with Crippen LogP contribution in [0.2, 0.25) is 0 Å². The molecule has 1 atom stereocenters. The van der Waals surface area contributed by atoms with Crippen LogP contribution in [0, 0.1) is 6.92 Å². The van der Waals surface area contributed by atoms with E-state index in [2.05, 4.69) is 67.7 Å². The molecule has 1 nitrogen and oxygen atoms in total. The molecule has 110 valence electrons. The van der Waals surface area contributed by atoms with Crippen LogP contribution in [0.1, 0.15) is 60.4 Å². The zero-order chi connectivity index (χ0) is 14.7. The maximum atomic E-state index is 3.64. The lowest BCUT2D eigenvalue weighted by atomic mass is 9.79. The van der Waals surface area contributed by atoms with Crippen LogP contribution in [-0.2, 0) is 0 Å². The SMILES string of the molecule is CCNC(c1cccc(C)c1)c1cccc(C2CCC2)c1. The fraction of sp³-hybridized carbons (Fsp3) is 0.400. The van der Waals surface area contributed by atoms with E-state index in [-0.39, 0.29) is 0 Å². The fourth-order valence-electron chi connectivity index (χ4n) is 3.22. The van der Waals surface area contributed by atoms with Gasteiger partial charge < -0.3 is 5.32 Å². The lowest BCUT2D eigenvalue weighted by Crippen LogP contribution is -2.22. The Balaban J connectivity index is 1.93. The van der Waals surface area contributed by atoms with Gasteiger partial charge in [0, 0.05) is 0 Å². The Morgan fingerprint density at radius 2 is 1.76 bits per heavy atom. The molecule has 1 heteroatoms. The zero-order valence-corrected chi connectivity index (χ0v) is 13.1. The van der Waals surface area contributed by atoms with Crippen LogP contribution in [-0.4, -0.2) is 6.54 Å². The molecule has 1 N–H and O–H groups in total. The molecule has 1 unspecified atom stereocenters. The summed E-state index contributed by atoms with van der Waals surface area (Å²) in [7, 11) is 0. The number of hydrogen-bond acceptors (Lipinski definition) is 1. The molecular formula is C20H25N. The van der Waals surface area contributed by atoms with Crippen molar-refractivity contribution in [2.24, 2.45) is 0 Å². The van der Waals surface area contributed by atoms with Gasteiger partial charge in [0.05, 0.1) is 6.04 Å². The predicted molar refractivity (Wildman–Crippen MR) is 89.7 cm³/mol. The average molecular weight is 279 g/mol. The molecule has 0 amide bonds. The van der Waals surface area contributed by atoms with Crippen LogP contribution in [0.4, 0.5) is 0 Å². The van der Waals surface area contributed by atoms with Gasteiger partial charge in [0.2, 0.25) is 0 Å². The van der Waals surface area contributed by atoms with E-state index in [1.54, 1.807) is 0 Å². The molecule has 3 rings (SSSR count). The van der Waals surface area contributed by atoms with Crippen molar-refractivity contribution in [1.29, 1.82) is 0 Å². The minimum atomic E-state index is 0.301. The molecule has 1 aliphatic carbocycles. The Hall–Kier alpha value is -1.60. The van der Waals surface area contributed by atoms with Gasteiger partial charge in [-0.2, -0.15) is 0 Å². The molecule has 2 aromatic rings. The van der Waals surface area contributed by atoms with E-state index in [1.807, 2.05) is 0 Å². The average Bonchev–Trinajstić information content (AvgIpc) is 2.43.